The Morgan fingerprint density at radius 2 is 2.28 bits per heavy atom. The minimum Gasteiger partial charge on any atom is -0.346 e. The summed E-state index contributed by atoms with van der Waals surface area (Å²) < 4.78 is 4.47. The number of rotatable bonds is 4. The maximum Gasteiger partial charge on any atom is 0.205 e. The number of hydrogen-bond donors (Lipinski definition) is 0. The summed E-state index contributed by atoms with van der Waals surface area (Å²) >= 11 is 1.54. The van der Waals surface area contributed by atoms with E-state index in [1.165, 1.54) is 19.4 Å². The van der Waals surface area contributed by atoms with Gasteiger partial charge in [-0.05, 0) is 32.4 Å². The molecular formula is C13H24N4S. The van der Waals surface area contributed by atoms with Crippen LogP contribution in [0.4, 0.5) is 5.13 Å². The minimum absolute atomic E-state index is 0.587. The molecule has 0 saturated carbocycles. The van der Waals surface area contributed by atoms with Crippen LogP contribution in [0.5, 0.6) is 0 Å². The topological polar surface area (TPSA) is 32.3 Å². The molecule has 0 amide bonds. The summed E-state index contributed by atoms with van der Waals surface area (Å²) in [6.45, 7) is 6.77. The largest absolute Gasteiger partial charge is 0.346 e. The summed E-state index contributed by atoms with van der Waals surface area (Å²) in [5.41, 5.74) is 0. The van der Waals surface area contributed by atoms with Gasteiger partial charge in [-0.25, -0.2) is 4.98 Å². The van der Waals surface area contributed by atoms with Gasteiger partial charge in [0.1, 0.15) is 5.82 Å². The molecule has 4 nitrogen and oxygen atoms in total. The zero-order valence-corrected chi connectivity index (χ0v) is 12.7. The van der Waals surface area contributed by atoms with Crippen LogP contribution in [0.3, 0.4) is 0 Å². The molecule has 1 fully saturated rings. The quantitative estimate of drug-likeness (QED) is 0.838. The van der Waals surface area contributed by atoms with Crippen LogP contribution in [0.15, 0.2) is 0 Å². The van der Waals surface area contributed by atoms with Gasteiger partial charge in [0.25, 0.3) is 0 Å². The molecule has 2 heterocycles. The van der Waals surface area contributed by atoms with Crippen LogP contribution in [0.25, 0.3) is 0 Å². The number of hydrogen-bond acceptors (Lipinski definition) is 5. The van der Waals surface area contributed by atoms with Gasteiger partial charge in [0, 0.05) is 37.6 Å². The lowest BCUT2D eigenvalue weighted by molar-refractivity contribution is 0.248. The Kier molecular flexibility index (Phi) is 4.56. The molecule has 0 N–H and O–H groups in total. The lowest BCUT2D eigenvalue weighted by Gasteiger charge is -2.35. The molecule has 5 heteroatoms. The number of aromatic nitrogens is 2. The van der Waals surface area contributed by atoms with Gasteiger partial charge in [-0.1, -0.05) is 13.8 Å². The van der Waals surface area contributed by atoms with Crippen LogP contribution in [0, 0.1) is 5.92 Å². The molecule has 0 radical (unpaired) electrons. The van der Waals surface area contributed by atoms with Crippen LogP contribution in [0.2, 0.25) is 0 Å². The molecular weight excluding hydrogens is 244 g/mol. The van der Waals surface area contributed by atoms with Crippen molar-refractivity contribution in [1.82, 2.24) is 14.3 Å². The number of likely N-dealkylation sites (tertiary alicyclic amines) is 1. The Hall–Kier alpha value is -0.680. The zero-order valence-electron chi connectivity index (χ0n) is 11.9. The van der Waals surface area contributed by atoms with Crippen LogP contribution in [-0.4, -0.2) is 47.5 Å². The van der Waals surface area contributed by atoms with Crippen molar-refractivity contribution in [3.05, 3.63) is 5.82 Å². The molecule has 1 unspecified atom stereocenters. The maximum atomic E-state index is 4.67. The summed E-state index contributed by atoms with van der Waals surface area (Å²) in [5, 5.41) is 1.07. The van der Waals surface area contributed by atoms with E-state index in [2.05, 4.69) is 47.1 Å². The third kappa shape index (κ3) is 3.42. The van der Waals surface area contributed by atoms with Crippen molar-refractivity contribution >= 4 is 16.7 Å². The third-order valence-electron chi connectivity index (χ3n) is 3.50. The van der Waals surface area contributed by atoms with Gasteiger partial charge < -0.3 is 9.80 Å². The van der Waals surface area contributed by atoms with Crippen molar-refractivity contribution in [3.63, 3.8) is 0 Å². The van der Waals surface area contributed by atoms with E-state index in [1.807, 2.05) is 0 Å². The standard InChI is InChI=1S/C13H24N4S/c1-10(2)8-12-14-13(18-15-12)17(4)11-6-5-7-16(3)9-11/h10-11H,5-9H2,1-4H3. The molecule has 0 bridgehead atoms. The molecule has 18 heavy (non-hydrogen) atoms. The van der Waals surface area contributed by atoms with Crippen molar-refractivity contribution in [2.24, 2.45) is 5.92 Å². The SMILES string of the molecule is CC(C)Cc1nsc(N(C)C2CCCN(C)C2)n1. The first kappa shape index (κ1) is 13.7. The number of likely N-dealkylation sites (N-methyl/N-ethyl adjacent to an activating group) is 2. The van der Waals surface area contributed by atoms with Gasteiger partial charge >= 0.3 is 0 Å². The summed E-state index contributed by atoms with van der Waals surface area (Å²) in [4.78, 5) is 9.39. The molecule has 1 aliphatic heterocycles. The molecule has 1 saturated heterocycles. The second-order valence-electron chi connectivity index (χ2n) is 5.76. The number of nitrogens with zero attached hydrogens (tertiary/aromatic N) is 4. The second-order valence-corrected chi connectivity index (χ2v) is 6.49. The van der Waals surface area contributed by atoms with Gasteiger partial charge in [-0.3, -0.25) is 0 Å². The van der Waals surface area contributed by atoms with E-state index in [4.69, 9.17) is 0 Å². The summed E-state index contributed by atoms with van der Waals surface area (Å²) in [6, 6.07) is 0.587. The Labute approximate surface area is 114 Å². The van der Waals surface area contributed by atoms with Crippen LogP contribution in [-0.2, 0) is 6.42 Å². The van der Waals surface area contributed by atoms with Crippen molar-refractivity contribution in [1.29, 1.82) is 0 Å². The minimum atomic E-state index is 0.587. The normalized spacial score (nSPS) is 21.5. The zero-order chi connectivity index (χ0) is 13.1. The Bertz CT molecular complexity index is 377. The highest BCUT2D eigenvalue weighted by atomic mass is 32.1. The van der Waals surface area contributed by atoms with Crippen LogP contribution in [0.1, 0.15) is 32.5 Å². The molecule has 2 rings (SSSR count). The molecule has 1 aliphatic rings. The summed E-state index contributed by atoms with van der Waals surface area (Å²) in [6.07, 6.45) is 3.53. The monoisotopic (exact) mass is 268 g/mol. The fourth-order valence-corrected chi connectivity index (χ4v) is 3.17. The van der Waals surface area contributed by atoms with E-state index in [0.29, 0.717) is 12.0 Å². The Morgan fingerprint density at radius 1 is 1.50 bits per heavy atom. The van der Waals surface area contributed by atoms with E-state index in [1.54, 1.807) is 11.5 Å². The van der Waals surface area contributed by atoms with Gasteiger partial charge in [-0.15, -0.1) is 0 Å². The lowest BCUT2D eigenvalue weighted by Crippen LogP contribution is -2.45. The van der Waals surface area contributed by atoms with Crippen LogP contribution < -0.4 is 4.90 Å². The van der Waals surface area contributed by atoms with E-state index in [9.17, 15) is 0 Å². The number of piperidine rings is 1. The second kappa shape index (κ2) is 5.97. The Morgan fingerprint density at radius 3 is 2.94 bits per heavy atom. The van der Waals surface area contributed by atoms with E-state index in [-0.39, 0.29) is 0 Å². The van der Waals surface area contributed by atoms with E-state index < -0.39 is 0 Å². The van der Waals surface area contributed by atoms with Crippen LogP contribution >= 0.6 is 11.5 Å². The fourth-order valence-electron chi connectivity index (χ4n) is 2.45. The van der Waals surface area contributed by atoms with Gasteiger partial charge in [-0.2, -0.15) is 4.37 Å². The molecule has 0 aromatic carbocycles. The third-order valence-corrected chi connectivity index (χ3v) is 4.34. The average molecular weight is 268 g/mol. The maximum absolute atomic E-state index is 4.67. The molecule has 1 atom stereocenters. The summed E-state index contributed by atoms with van der Waals surface area (Å²) in [7, 11) is 4.35. The first-order chi connectivity index (χ1) is 8.56. The smallest absolute Gasteiger partial charge is 0.205 e. The molecule has 102 valence electrons. The first-order valence-corrected chi connectivity index (χ1v) is 7.57. The molecule has 1 aromatic rings. The van der Waals surface area contributed by atoms with E-state index >= 15 is 0 Å². The van der Waals surface area contributed by atoms with Crippen molar-refractivity contribution in [2.75, 3.05) is 32.1 Å². The predicted octanol–water partition coefficient (Wildman–Crippen LogP) is 2.27. The lowest BCUT2D eigenvalue weighted by atomic mass is 10.1. The molecule has 1 aromatic heterocycles. The molecule has 0 spiro atoms. The highest BCUT2D eigenvalue weighted by Gasteiger charge is 2.23. The fraction of sp³-hybridized carbons (Fsp3) is 0.846. The molecule has 0 aliphatic carbocycles. The average Bonchev–Trinajstić information content (AvgIpc) is 2.75. The van der Waals surface area contributed by atoms with E-state index in [0.717, 1.165) is 23.9 Å². The van der Waals surface area contributed by atoms with Gasteiger partial charge in [0.2, 0.25) is 5.13 Å². The van der Waals surface area contributed by atoms with Crippen molar-refractivity contribution in [3.8, 4) is 0 Å². The summed E-state index contributed by atoms with van der Waals surface area (Å²) in [5.74, 6) is 1.62. The van der Waals surface area contributed by atoms with Gasteiger partial charge in [0.15, 0.2) is 0 Å². The van der Waals surface area contributed by atoms with Crippen molar-refractivity contribution < 1.29 is 0 Å². The Balaban J connectivity index is 1.99. The highest BCUT2D eigenvalue weighted by Crippen LogP contribution is 2.23. The first-order valence-electron chi connectivity index (χ1n) is 6.80. The van der Waals surface area contributed by atoms with Gasteiger partial charge in [0.05, 0.1) is 0 Å². The highest BCUT2D eigenvalue weighted by molar-refractivity contribution is 7.09. The predicted molar refractivity (Wildman–Crippen MR) is 77.4 cm³/mol. The van der Waals surface area contributed by atoms with Crippen molar-refractivity contribution in [2.45, 2.75) is 39.2 Å². The number of anilines is 1.